The molecule has 1 rings (SSSR count). The Kier molecular flexibility index (Phi) is 5.31. The Labute approximate surface area is 109 Å². The van der Waals surface area contributed by atoms with Gasteiger partial charge in [-0.25, -0.2) is 0 Å². The first-order valence-electron chi connectivity index (χ1n) is 6.14. The predicted octanol–water partition coefficient (Wildman–Crippen LogP) is 1.07. The van der Waals surface area contributed by atoms with Gasteiger partial charge in [0.05, 0.1) is 0 Å². The van der Waals surface area contributed by atoms with Gasteiger partial charge < -0.3 is 10.2 Å². The summed E-state index contributed by atoms with van der Waals surface area (Å²) in [5.74, 6) is 0.612. The first-order valence-corrected chi connectivity index (χ1v) is 6.77. The lowest BCUT2D eigenvalue weighted by Gasteiger charge is -2.28. The third kappa shape index (κ3) is 4.58. The maximum Gasteiger partial charge on any atom is 0.246 e. The van der Waals surface area contributed by atoms with Crippen LogP contribution in [0.1, 0.15) is 33.6 Å². The Morgan fingerprint density at radius 1 is 1.41 bits per heavy atom. The SMILES string of the molecule is CC(=O)NC(CS)C(=O)N(CC(C)C)C1CC1. The van der Waals surface area contributed by atoms with E-state index in [1.165, 1.54) is 6.92 Å². The first-order chi connectivity index (χ1) is 7.95. The highest BCUT2D eigenvalue weighted by atomic mass is 32.1. The zero-order valence-corrected chi connectivity index (χ0v) is 11.7. The van der Waals surface area contributed by atoms with Crippen molar-refractivity contribution in [1.82, 2.24) is 10.2 Å². The molecule has 1 fully saturated rings. The average molecular weight is 258 g/mol. The van der Waals surface area contributed by atoms with Crippen LogP contribution < -0.4 is 5.32 Å². The Morgan fingerprint density at radius 3 is 2.35 bits per heavy atom. The molecule has 0 bridgehead atoms. The second-order valence-electron chi connectivity index (χ2n) is 5.05. The molecule has 4 nitrogen and oxygen atoms in total. The van der Waals surface area contributed by atoms with Crippen molar-refractivity contribution in [3.63, 3.8) is 0 Å². The number of hydrogen-bond donors (Lipinski definition) is 2. The second-order valence-corrected chi connectivity index (χ2v) is 5.42. The standard InChI is InChI=1S/C12H22N2O2S/c1-8(2)6-14(10-4-5-10)12(16)11(7-17)13-9(3)15/h8,10-11,17H,4-7H2,1-3H3,(H,13,15). The highest BCUT2D eigenvalue weighted by Gasteiger charge is 2.35. The second kappa shape index (κ2) is 6.28. The summed E-state index contributed by atoms with van der Waals surface area (Å²) in [6, 6.07) is -0.115. The lowest BCUT2D eigenvalue weighted by Crippen LogP contribution is -2.50. The van der Waals surface area contributed by atoms with E-state index in [2.05, 4.69) is 31.8 Å². The highest BCUT2D eigenvalue weighted by molar-refractivity contribution is 7.80. The zero-order valence-electron chi connectivity index (χ0n) is 10.8. The molecule has 1 N–H and O–H groups in total. The van der Waals surface area contributed by atoms with Gasteiger partial charge in [-0.05, 0) is 18.8 Å². The number of amides is 2. The molecule has 1 unspecified atom stereocenters. The van der Waals surface area contributed by atoms with E-state index in [1.807, 2.05) is 4.90 Å². The van der Waals surface area contributed by atoms with Crippen LogP contribution in [-0.4, -0.2) is 41.1 Å². The van der Waals surface area contributed by atoms with Crippen LogP contribution in [0.3, 0.4) is 0 Å². The molecule has 17 heavy (non-hydrogen) atoms. The smallest absolute Gasteiger partial charge is 0.246 e. The van der Waals surface area contributed by atoms with E-state index < -0.39 is 6.04 Å². The number of carbonyl (C=O) groups is 2. The van der Waals surface area contributed by atoms with Gasteiger partial charge in [0, 0.05) is 25.3 Å². The van der Waals surface area contributed by atoms with E-state index in [-0.39, 0.29) is 11.8 Å². The fraction of sp³-hybridized carbons (Fsp3) is 0.833. The summed E-state index contributed by atoms with van der Waals surface area (Å²) < 4.78 is 0. The molecule has 5 heteroatoms. The number of carbonyl (C=O) groups excluding carboxylic acids is 2. The van der Waals surface area contributed by atoms with E-state index in [4.69, 9.17) is 0 Å². The predicted molar refractivity (Wildman–Crippen MR) is 71.0 cm³/mol. The van der Waals surface area contributed by atoms with Crippen LogP contribution in [0.5, 0.6) is 0 Å². The van der Waals surface area contributed by atoms with Crippen LogP contribution >= 0.6 is 12.6 Å². The number of hydrogen-bond acceptors (Lipinski definition) is 3. The van der Waals surface area contributed by atoms with Crippen LogP contribution in [0.2, 0.25) is 0 Å². The summed E-state index contributed by atoms with van der Waals surface area (Å²) in [6.07, 6.45) is 2.16. The maximum atomic E-state index is 12.3. The monoisotopic (exact) mass is 258 g/mol. The van der Waals surface area contributed by atoms with E-state index in [0.29, 0.717) is 17.7 Å². The Morgan fingerprint density at radius 2 is 2.00 bits per heavy atom. The fourth-order valence-electron chi connectivity index (χ4n) is 1.83. The summed E-state index contributed by atoms with van der Waals surface area (Å²) in [6.45, 7) is 6.37. The number of nitrogens with zero attached hydrogens (tertiary/aromatic N) is 1. The zero-order chi connectivity index (χ0) is 13.0. The molecule has 0 aromatic carbocycles. The minimum absolute atomic E-state index is 0.00593. The molecule has 0 aliphatic heterocycles. The van der Waals surface area contributed by atoms with E-state index >= 15 is 0 Å². The maximum absolute atomic E-state index is 12.3. The van der Waals surface area contributed by atoms with E-state index in [0.717, 1.165) is 19.4 Å². The normalized spacial score (nSPS) is 16.8. The fourth-order valence-corrected chi connectivity index (χ4v) is 2.08. The molecule has 0 aromatic heterocycles. The molecule has 0 radical (unpaired) electrons. The molecular formula is C12H22N2O2S. The van der Waals surface area contributed by atoms with Gasteiger partial charge in [0.2, 0.25) is 11.8 Å². The first kappa shape index (κ1) is 14.4. The highest BCUT2D eigenvalue weighted by Crippen LogP contribution is 2.28. The molecule has 0 saturated heterocycles. The van der Waals surface area contributed by atoms with E-state index in [9.17, 15) is 9.59 Å². The Bertz CT molecular complexity index is 290. The minimum Gasteiger partial charge on any atom is -0.344 e. The van der Waals surface area contributed by atoms with Crippen molar-refractivity contribution in [3.05, 3.63) is 0 Å². The molecule has 0 spiro atoms. The Balaban J connectivity index is 2.64. The van der Waals surface area contributed by atoms with Gasteiger partial charge in [0.25, 0.3) is 0 Å². The summed E-state index contributed by atoms with van der Waals surface area (Å²) in [5.41, 5.74) is 0. The topological polar surface area (TPSA) is 49.4 Å². The average Bonchev–Trinajstić information content (AvgIpc) is 3.04. The molecule has 2 amide bonds. The van der Waals surface area contributed by atoms with Crippen LogP contribution in [0.25, 0.3) is 0 Å². The number of thiol groups is 1. The van der Waals surface area contributed by atoms with Crippen molar-refractivity contribution < 1.29 is 9.59 Å². The molecule has 1 aliphatic carbocycles. The van der Waals surface area contributed by atoms with E-state index in [1.54, 1.807) is 0 Å². The van der Waals surface area contributed by atoms with Crippen LogP contribution in [0, 0.1) is 5.92 Å². The van der Waals surface area contributed by atoms with Gasteiger partial charge >= 0.3 is 0 Å². The number of rotatable bonds is 6. The van der Waals surface area contributed by atoms with Crippen molar-refractivity contribution in [1.29, 1.82) is 0 Å². The molecule has 1 aliphatic rings. The van der Waals surface area contributed by atoms with Gasteiger partial charge in [-0.1, -0.05) is 13.8 Å². The lowest BCUT2D eigenvalue weighted by atomic mass is 10.1. The molecular weight excluding hydrogens is 236 g/mol. The molecule has 0 aromatic rings. The number of nitrogens with one attached hydrogen (secondary N) is 1. The summed E-state index contributed by atoms with van der Waals surface area (Å²) in [7, 11) is 0. The van der Waals surface area contributed by atoms with Crippen LogP contribution in [0.4, 0.5) is 0 Å². The van der Waals surface area contributed by atoms with Gasteiger partial charge in [-0.15, -0.1) is 0 Å². The molecule has 98 valence electrons. The van der Waals surface area contributed by atoms with Crippen LogP contribution in [0.15, 0.2) is 0 Å². The molecule has 1 saturated carbocycles. The largest absolute Gasteiger partial charge is 0.344 e. The van der Waals surface area contributed by atoms with Gasteiger partial charge in [-0.2, -0.15) is 12.6 Å². The third-order valence-corrected chi connectivity index (χ3v) is 3.06. The van der Waals surface area contributed by atoms with Crippen molar-refractivity contribution in [2.24, 2.45) is 5.92 Å². The van der Waals surface area contributed by atoms with Crippen molar-refractivity contribution in [3.8, 4) is 0 Å². The van der Waals surface area contributed by atoms with Crippen molar-refractivity contribution >= 4 is 24.4 Å². The van der Waals surface area contributed by atoms with Gasteiger partial charge in [0.15, 0.2) is 0 Å². The summed E-state index contributed by atoms with van der Waals surface area (Å²) >= 11 is 4.14. The van der Waals surface area contributed by atoms with Gasteiger partial charge in [0.1, 0.15) is 6.04 Å². The summed E-state index contributed by atoms with van der Waals surface area (Å²) in [4.78, 5) is 25.2. The molecule has 0 heterocycles. The Hall–Kier alpha value is -0.710. The van der Waals surface area contributed by atoms with Gasteiger partial charge in [-0.3, -0.25) is 9.59 Å². The quantitative estimate of drug-likeness (QED) is 0.700. The third-order valence-electron chi connectivity index (χ3n) is 2.69. The molecule has 1 atom stereocenters. The lowest BCUT2D eigenvalue weighted by molar-refractivity contribution is -0.136. The minimum atomic E-state index is -0.491. The summed E-state index contributed by atoms with van der Waals surface area (Å²) in [5, 5.41) is 2.66. The van der Waals surface area contributed by atoms with Crippen LogP contribution in [-0.2, 0) is 9.59 Å². The van der Waals surface area contributed by atoms with Crippen molar-refractivity contribution in [2.45, 2.75) is 45.7 Å². The van der Waals surface area contributed by atoms with Crippen molar-refractivity contribution in [2.75, 3.05) is 12.3 Å².